The molecule has 1 atom stereocenters. The molecule has 2 aliphatic carbocycles. The molecule has 0 saturated heterocycles. The third-order valence-electron chi connectivity index (χ3n) is 3.27. The van der Waals surface area contributed by atoms with Crippen LogP contribution in [0, 0.1) is 0 Å². The van der Waals surface area contributed by atoms with Crippen LogP contribution < -0.4 is 5.32 Å². The molecule has 1 saturated carbocycles. The second-order valence-corrected chi connectivity index (χ2v) is 5.66. The highest BCUT2D eigenvalue weighted by Gasteiger charge is 2.30. The Balaban J connectivity index is 1.80. The van der Waals surface area contributed by atoms with Crippen molar-refractivity contribution in [3.63, 3.8) is 0 Å². The van der Waals surface area contributed by atoms with Crippen molar-refractivity contribution in [2.75, 3.05) is 0 Å². The molecule has 1 nitrogen and oxygen atoms in total. The summed E-state index contributed by atoms with van der Waals surface area (Å²) in [5, 5.41) is 3.76. The van der Waals surface area contributed by atoms with Crippen molar-refractivity contribution in [3.05, 3.63) is 21.4 Å². The van der Waals surface area contributed by atoms with Crippen LogP contribution in [-0.2, 0) is 12.8 Å². The van der Waals surface area contributed by atoms with Crippen LogP contribution in [0.5, 0.6) is 0 Å². The Morgan fingerprint density at radius 1 is 1.43 bits per heavy atom. The lowest BCUT2D eigenvalue weighted by atomic mass is 10.2. The Bertz CT molecular complexity index is 338. The summed E-state index contributed by atoms with van der Waals surface area (Å²) in [5.74, 6) is 0. The Labute approximate surface area is 89.5 Å². The normalized spacial score (nSPS) is 25.4. The molecular formula is C12H17NS. The molecule has 0 amide bonds. The van der Waals surface area contributed by atoms with Crippen LogP contribution in [0.15, 0.2) is 6.07 Å². The van der Waals surface area contributed by atoms with Crippen molar-refractivity contribution in [1.29, 1.82) is 0 Å². The fraction of sp³-hybridized carbons (Fsp3) is 0.667. The van der Waals surface area contributed by atoms with Gasteiger partial charge in [0, 0.05) is 21.8 Å². The first kappa shape index (κ1) is 8.93. The Hall–Kier alpha value is -0.340. The maximum Gasteiger partial charge on any atom is 0.0422 e. The molecular weight excluding hydrogens is 190 g/mol. The number of fused-ring (bicyclic) bond motifs is 1. The van der Waals surface area contributed by atoms with Gasteiger partial charge in [0.2, 0.25) is 0 Å². The molecule has 1 aromatic rings. The third-order valence-corrected chi connectivity index (χ3v) is 4.71. The molecule has 2 aliphatic rings. The zero-order chi connectivity index (χ0) is 9.54. The van der Waals surface area contributed by atoms with E-state index in [1.165, 1.54) is 32.1 Å². The minimum absolute atomic E-state index is 0.697. The predicted molar refractivity (Wildman–Crippen MR) is 60.9 cm³/mol. The minimum atomic E-state index is 0.697. The van der Waals surface area contributed by atoms with Gasteiger partial charge in [-0.05, 0) is 43.7 Å². The molecule has 0 bridgehead atoms. The summed E-state index contributed by atoms with van der Waals surface area (Å²) in [7, 11) is 0. The van der Waals surface area contributed by atoms with Crippen LogP contribution in [0.3, 0.4) is 0 Å². The predicted octanol–water partition coefficient (Wildman–Crippen LogP) is 3.05. The van der Waals surface area contributed by atoms with Crippen LogP contribution in [-0.4, -0.2) is 6.04 Å². The van der Waals surface area contributed by atoms with E-state index in [0.29, 0.717) is 6.04 Å². The highest BCUT2D eigenvalue weighted by Crippen LogP contribution is 2.39. The molecule has 0 radical (unpaired) electrons. The average Bonchev–Trinajstić information content (AvgIpc) is 2.77. The van der Waals surface area contributed by atoms with Gasteiger partial charge in [0.1, 0.15) is 0 Å². The molecule has 1 unspecified atom stereocenters. The molecule has 76 valence electrons. The highest BCUT2D eigenvalue weighted by molar-refractivity contribution is 7.12. The Morgan fingerprint density at radius 2 is 2.29 bits per heavy atom. The summed E-state index contributed by atoms with van der Waals surface area (Å²) in [5.41, 5.74) is 1.63. The van der Waals surface area contributed by atoms with Crippen LogP contribution >= 0.6 is 11.3 Å². The fourth-order valence-corrected chi connectivity index (χ4v) is 3.54. The summed E-state index contributed by atoms with van der Waals surface area (Å²) in [6.45, 7) is 2.25. The van der Waals surface area contributed by atoms with E-state index in [2.05, 4.69) is 18.3 Å². The summed E-state index contributed by atoms with van der Waals surface area (Å²) in [6.07, 6.45) is 6.64. The molecule has 0 aromatic carbocycles. The van der Waals surface area contributed by atoms with Crippen molar-refractivity contribution in [2.24, 2.45) is 0 Å². The van der Waals surface area contributed by atoms with Gasteiger partial charge in [-0.3, -0.25) is 0 Å². The smallest absolute Gasteiger partial charge is 0.0422 e. The standard InChI is InChI=1S/C12H17NS/c1-2-10-7-8-3-6-11(12(8)14-10)13-9-4-5-9/h7,9,11,13H,2-6H2,1H3. The van der Waals surface area contributed by atoms with E-state index in [9.17, 15) is 0 Å². The van der Waals surface area contributed by atoms with E-state index < -0.39 is 0 Å². The van der Waals surface area contributed by atoms with Crippen molar-refractivity contribution in [3.8, 4) is 0 Å². The average molecular weight is 207 g/mol. The topological polar surface area (TPSA) is 12.0 Å². The first-order valence-corrected chi connectivity index (χ1v) is 6.56. The number of hydrogen-bond donors (Lipinski definition) is 1. The lowest BCUT2D eigenvalue weighted by molar-refractivity contribution is 0.533. The van der Waals surface area contributed by atoms with Gasteiger partial charge in [-0.1, -0.05) is 6.92 Å². The van der Waals surface area contributed by atoms with Crippen LogP contribution in [0.2, 0.25) is 0 Å². The van der Waals surface area contributed by atoms with Crippen LogP contribution in [0.25, 0.3) is 0 Å². The molecule has 1 aromatic heterocycles. The van der Waals surface area contributed by atoms with Crippen LogP contribution in [0.4, 0.5) is 0 Å². The van der Waals surface area contributed by atoms with E-state index in [1.54, 1.807) is 15.3 Å². The number of rotatable bonds is 3. The second kappa shape index (κ2) is 3.35. The zero-order valence-corrected chi connectivity index (χ0v) is 9.49. The molecule has 1 heterocycles. The maximum atomic E-state index is 3.76. The van der Waals surface area contributed by atoms with E-state index >= 15 is 0 Å². The molecule has 14 heavy (non-hydrogen) atoms. The fourth-order valence-electron chi connectivity index (χ4n) is 2.29. The lowest BCUT2D eigenvalue weighted by Crippen LogP contribution is -2.20. The van der Waals surface area contributed by atoms with E-state index in [0.717, 1.165) is 6.04 Å². The summed E-state index contributed by atoms with van der Waals surface area (Å²) in [4.78, 5) is 3.21. The van der Waals surface area contributed by atoms with Crippen molar-refractivity contribution >= 4 is 11.3 Å². The van der Waals surface area contributed by atoms with E-state index in [-0.39, 0.29) is 0 Å². The summed E-state index contributed by atoms with van der Waals surface area (Å²) in [6, 6.07) is 3.97. The summed E-state index contributed by atoms with van der Waals surface area (Å²) < 4.78 is 0. The van der Waals surface area contributed by atoms with Gasteiger partial charge in [-0.2, -0.15) is 0 Å². The zero-order valence-electron chi connectivity index (χ0n) is 8.68. The number of nitrogens with one attached hydrogen (secondary N) is 1. The van der Waals surface area contributed by atoms with Crippen LogP contribution in [0.1, 0.15) is 47.5 Å². The third kappa shape index (κ3) is 1.51. The molecule has 1 fully saturated rings. The second-order valence-electron chi connectivity index (χ2n) is 4.49. The van der Waals surface area contributed by atoms with Gasteiger partial charge in [-0.15, -0.1) is 11.3 Å². The molecule has 1 N–H and O–H groups in total. The number of hydrogen-bond acceptors (Lipinski definition) is 2. The highest BCUT2D eigenvalue weighted by atomic mass is 32.1. The maximum absolute atomic E-state index is 3.76. The molecule has 0 aliphatic heterocycles. The first-order valence-electron chi connectivity index (χ1n) is 5.74. The van der Waals surface area contributed by atoms with Crippen molar-refractivity contribution in [2.45, 2.75) is 51.1 Å². The van der Waals surface area contributed by atoms with Gasteiger partial charge in [0.25, 0.3) is 0 Å². The van der Waals surface area contributed by atoms with Crippen molar-refractivity contribution < 1.29 is 0 Å². The minimum Gasteiger partial charge on any atom is -0.306 e. The first-order chi connectivity index (χ1) is 6.86. The largest absolute Gasteiger partial charge is 0.306 e. The molecule has 2 heteroatoms. The van der Waals surface area contributed by atoms with Gasteiger partial charge in [0.05, 0.1) is 0 Å². The quantitative estimate of drug-likeness (QED) is 0.803. The Kier molecular flexibility index (Phi) is 2.14. The van der Waals surface area contributed by atoms with E-state index in [4.69, 9.17) is 0 Å². The number of thiophene rings is 1. The lowest BCUT2D eigenvalue weighted by Gasteiger charge is -2.10. The monoisotopic (exact) mass is 207 g/mol. The van der Waals surface area contributed by atoms with Gasteiger partial charge >= 0.3 is 0 Å². The summed E-state index contributed by atoms with van der Waals surface area (Å²) >= 11 is 2.04. The Morgan fingerprint density at radius 3 is 3.00 bits per heavy atom. The van der Waals surface area contributed by atoms with E-state index in [1.807, 2.05) is 11.3 Å². The SMILES string of the molecule is CCc1cc2c(s1)C(NC1CC1)CC2. The number of aryl methyl sites for hydroxylation is 2. The van der Waals surface area contributed by atoms with Crippen molar-refractivity contribution in [1.82, 2.24) is 5.32 Å². The molecule has 3 rings (SSSR count). The van der Waals surface area contributed by atoms with Gasteiger partial charge in [0.15, 0.2) is 0 Å². The van der Waals surface area contributed by atoms with Gasteiger partial charge < -0.3 is 5.32 Å². The van der Waals surface area contributed by atoms with Gasteiger partial charge in [-0.25, -0.2) is 0 Å². The molecule has 0 spiro atoms.